The number of nitrogens with zero attached hydrogens (tertiary/aromatic N) is 1. The Bertz CT molecular complexity index is 675. The fraction of sp³-hybridized carbons (Fsp3) is 0.438. The molecule has 10 heteroatoms. The van der Waals surface area contributed by atoms with Crippen LogP contribution in [0.5, 0.6) is 5.75 Å². The van der Waals surface area contributed by atoms with E-state index in [-0.39, 0.29) is 12.1 Å². The molecule has 2 amide bonds. The molecule has 0 spiro atoms. The first-order valence-corrected chi connectivity index (χ1v) is 7.72. The zero-order valence-electron chi connectivity index (χ0n) is 13.8. The molecule has 0 saturated carbocycles. The maximum atomic E-state index is 12.2. The van der Waals surface area contributed by atoms with E-state index in [1.54, 1.807) is 0 Å². The molecule has 142 valence electrons. The summed E-state index contributed by atoms with van der Waals surface area (Å²) >= 11 is 0. The molecular formula is C16H17F3N2O5. The summed E-state index contributed by atoms with van der Waals surface area (Å²) in [4.78, 5) is 37.1. The van der Waals surface area contributed by atoms with Crippen LogP contribution in [0, 0.1) is 0 Å². The summed E-state index contributed by atoms with van der Waals surface area (Å²) in [5.41, 5.74) is 0.0678. The first kappa shape index (κ1) is 19.5. The Hall–Kier alpha value is -2.78. The molecular weight excluding hydrogens is 357 g/mol. The van der Waals surface area contributed by atoms with Crippen molar-refractivity contribution in [2.75, 3.05) is 20.2 Å². The number of nitrogens with one attached hydrogen (secondary N) is 1. The van der Waals surface area contributed by atoms with E-state index in [2.05, 4.69) is 14.8 Å². The quantitative estimate of drug-likeness (QED) is 0.790. The highest BCUT2D eigenvalue weighted by atomic mass is 19.4. The van der Waals surface area contributed by atoms with Gasteiger partial charge in [-0.25, -0.2) is 4.79 Å². The number of amides is 2. The molecule has 1 aliphatic rings. The van der Waals surface area contributed by atoms with Gasteiger partial charge in [0.1, 0.15) is 11.8 Å². The number of rotatable bonds is 5. The van der Waals surface area contributed by atoms with E-state index >= 15 is 0 Å². The third-order valence-electron chi connectivity index (χ3n) is 3.80. The second-order valence-electron chi connectivity index (χ2n) is 5.52. The lowest BCUT2D eigenvalue weighted by molar-refractivity contribution is -0.274. The average molecular weight is 374 g/mol. The van der Waals surface area contributed by atoms with Gasteiger partial charge in [-0.3, -0.25) is 9.59 Å². The predicted octanol–water partition coefficient (Wildman–Crippen LogP) is 1.48. The SMILES string of the molecule is COC(=O)[C@@H]1CCCN1C(=O)CNC(=O)c1ccc(OC(F)(F)F)cc1. The molecule has 0 aliphatic carbocycles. The molecule has 7 nitrogen and oxygen atoms in total. The summed E-state index contributed by atoms with van der Waals surface area (Å²) in [7, 11) is 1.23. The van der Waals surface area contributed by atoms with Crippen LogP contribution in [0.15, 0.2) is 24.3 Å². The molecule has 1 aromatic rings. The number of carbonyl (C=O) groups is 3. The molecule has 0 aromatic heterocycles. The molecule has 0 bridgehead atoms. The van der Waals surface area contributed by atoms with Gasteiger partial charge in [-0.1, -0.05) is 0 Å². The van der Waals surface area contributed by atoms with Crippen LogP contribution in [0.3, 0.4) is 0 Å². The van der Waals surface area contributed by atoms with Crippen molar-refractivity contribution >= 4 is 17.8 Å². The second-order valence-corrected chi connectivity index (χ2v) is 5.52. The molecule has 2 rings (SSSR count). The average Bonchev–Trinajstić information content (AvgIpc) is 3.07. The van der Waals surface area contributed by atoms with Gasteiger partial charge < -0.3 is 19.7 Å². The Morgan fingerprint density at radius 1 is 1.23 bits per heavy atom. The van der Waals surface area contributed by atoms with E-state index in [0.717, 1.165) is 24.3 Å². The number of alkyl halides is 3. The number of ether oxygens (including phenoxy) is 2. The van der Waals surface area contributed by atoms with Crippen LogP contribution < -0.4 is 10.1 Å². The number of carbonyl (C=O) groups excluding carboxylic acids is 3. The van der Waals surface area contributed by atoms with Crippen molar-refractivity contribution in [2.45, 2.75) is 25.2 Å². The maximum absolute atomic E-state index is 12.2. The smallest absolute Gasteiger partial charge is 0.467 e. The lowest BCUT2D eigenvalue weighted by Crippen LogP contribution is -2.45. The van der Waals surface area contributed by atoms with Gasteiger partial charge in [0.2, 0.25) is 5.91 Å². The second kappa shape index (κ2) is 8.07. The number of likely N-dealkylation sites (tertiary alicyclic amines) is 1. The lowest BCUT2D eigenvalue weighted by atomic mass is 10.2. The van der Waals surface area contributed by atoms with Crippen LogP contribution in [0.4, 0.5) is 13.2 Å². The maximum Gasteiger partial charge on any atom is 0.573 e. The summed E-state index contributed by atoms with van der Waals surface area (Å²) in [6.07, 6.45) is -3.67. The first-order chi connectivity index (χ1) is 12.2. The summed E-state index contributed by atoms with van der Waals surface area (Å²) in [6.45, 7) is 0.0467. The minimum Gasteiger partial charge on any atom is -0.467 e. The minimum absolute atomic E-state index is 0.0678. The predicted molar refractivity (Wildman–Crippen MR) is 82.2 cm³/mol. The van der Waals surface area contributed by atoms with Gasteiger partial charge in [-0.15, -0.1) is 13.2 Å². The van der Waals surface area contributed by atoms with Crippen molar-refractivity contribution in [3.8, 4) is 5.75 Å². The van der Waals surface area contributed by atoms with Gasteiger partial charge in [0, 0.05) is 12.1 Å². The van der Waals surface area contributed by atoms with E-state index < -0.39 is 35.9 Å². The molecule has 1 atom stereocenters. The molecule has 1 N–H and O–H groups in total. The highest BCUT2D eigenvalue weighted by Crippen LogP contribution is 2.22. The highest BCUT2D eigenvalue weighted by Gasteiger charge is 2.34. The van der Waals surface area contributed by atoms with Gasteiger partial charge in [-0.2, -0.15) is 0 Å². The minimum atomic E-state index is -4.82. The largest absolute Gasteiger partial charge is 0.573 e. The molecule has 1 aromatic carbocycles. The summed E-state index contributed by atoms with van der Waals surface area (Å²) in [6, 6.07) is 3.63. The Morgan fingerprint density at radius 3 is 2.46 bits per heavy atom. The molecule has 1 aliphatic heterocycles. The topological polar surface area (TPSA) is 84.9 Å². The van der Waals surface area contributed by atoms with Crippen molar-refractivity contribution < 1.29 is 37.0 Å². The van der Waals surface area contributed by atoms with Crippen LogP contribution in [0.2, 0.25) is 0 Å². The Balaban J connectivity index is 1.90. The molecule has 26 heavy (non-hydrogen) atoms. The van der Waals surface area contributed by atoms with E-state index in [1.807, 2.05) is 0 Å². The van der Waals surface area contributed by atoms with Crippen LogP contribution in [-0.2, 0) is 14.3 Å². The van der Waals surface area contributed by atoms with Crippen molar-refractivity contribution in [3.05, 3.63) is 29.8 Å². The van der Waals surface area contributed by atoms with Gasteiger partial charge >= 0.3 is 12.3 Å². The van der Waals surface area contributed by atoms with E-state index in [9.17, 15) is 27.6 Å². The third kappa shape index (κ3) is 5.11. The standard InChI is InChI=1S/C16H17F3N2O5/c1-25-15(24)12-3-2-8-21(12)13(22)9-20-14(23)10-4-6-11(7-5-10)26-16(17,18)19/h4-7,12H,2-3,8-9H2,1H3,(H,20,23)/t12-/m0/s1. The summed E-state index contributed by atoms with van der Waals surface area (Å²) in [5, 5.41) is 2.38. The van der Waals surface area contributed by atoms with E-state index in [1.165, 1.54) is 12.0 Å². The zero-order chi connectivity index (χ0) is 19.3. The van der Waals surface area contributed by atoms with Crippen molar-refractivity contribution in [1.29, 1.82) is 0 Å². The van der Waals surface area contributed by atoms with E-state index in [0.29, 0.717) is 19.4 Å². The molecule has 0 radical (unpaired) electrons. The fourth-order valence-corrected chi connectivity index (χ4v) is 2.61. The van der Waals surface area contributed by atoms with Crippen molar-refractivity contribution in [3.63, 3.8) is 0 Å². The van der Waals surface area contributed by atoms with Crippen LogP contribution in [-0.4, -0.2) is 55.3 Å². The number of methoxy groups -OCH3 is 1. The first-order valence-electron chi connectivity index (χ1n) is 7.72. The number of hydrogen-bond acceptors (Lipinski definition) is 5. The lowest BCUT2D eigenvalue weighted by Gasteiger charge is -2.22. The van der Waals surface area contributed by atoms with Crippen molar-refractivity contribution in [2.24, 2.45) is 0 Å². The summed E-state index contributed by atoms with van der Waals surface area (Å²) in [5.74, 6) is -2.04. The number of esters is 1. The molecule has 1 fully saturated rings. The number of hydrogen-bond donors (Lipinski definition) is 1. The van der Waals surface area contributed by atoms with Crippen molar-refractivity contribution in [1.82, 2.24) is 10.2 Å². The third-order valence-corrected chi connectivity index (χ3v) is 3.80. The fourth-order valence-electron chi connectivity index (χ4n) is 2.61. The number of halogens is 3. The zero-order valence-corrected chi connectivity index (χ0v) is 13.8. The highest BCUT2D eigenvalue weighted by molar-refractivity contribution is 5.97. The van der Waals surface area contributed by atoms with Gasteiger partial charge in [0.25, 0.3) is 5.91 Å². The molecule has 1 heterocycles. The van der Waals surface area contributed by atoms with Gasteiger partial charge in [0.15, 0.2) is 0 Å². The Morgan fingerprint density at radius 2 is 1.88 bits per heavy atom. The molecule has 0 unspecified atom stereocenters. The molecule has 1 saturated heterocycles. The normalized spacial score (nSPS) is 16.9. The summed E-state index contributed by atoms with van der Waals surface area (Å²) < 4.78 is 44.6. The van der Waals surface area contributed by atoms with Crippen LogP contribution >= 0.6 is 0 Å². The van der Waals surface area contributed by atoms with Gasteiger partial charge in [-0.05, 0) is 37.1 Å². The van der Waals surface area contributed by atoms with Crippen LogP contribution in [0.1, 0.15) is 23.2 Å². The Kier molecular flexibility index (Phi) is 6.06. The monoisotopic (exact) mass is 374 g/mol. The Labute approximate surface area is 147 Å². The van der Waals surface area contributed by atoms with E-state index in [4.69, 9.17) is 0 Å². The number of benzene rings is 1. The van der Waals surface area contributed by atoms with Crippen LogP contribution in [0.25, 0.3) is 0 Å². The van der Waals surface area contributed by atoms with Gasteiger partial charge in [0.05, 0.1) is 13.7 Å².